The third kappa shape index (κ3) is 2.78. The molecule has 0 spiro atoms. The van der Waals surface area contributed by atoms with Crippen LogP contribution < -0.4 is 11.1 Å². The van der Waals surface area contributed by atoms with Gasteiger partial charge in [-0.2, -0.15) is 0 Å². The predicted octanol–water partition coefficient (Wildman–Crippen LogP) is 2.96. The van der Waals surface area contributed by atoms with E-state index in [1.54, 1.807) is 36.0 Å². The minimum Gasteiger partial charge on any atom is -0.408 e. The Morgan fingerprint density at radius 2 is 1.91 bits per heavy atom. The molecule has 1 N–H and O–H groups in total. The van der Waals surface area contributed by atoms with E-state index >= 15 is 0 Å². The van der Waals surface area contributed by atoms with Crippen LogP contribution in [0.1, 0.15) is 0 Å². The normalized spacial score (nSPS) is 10.8. The Labute approximate surface area is 130 Å². The predicted molar refractivity (Wildman–Crippen MR) is 87.3 cm³/mol. The zero-order chi connectivity index (χ0) is 15.5. The van der Waals surface area contributed by atoms with Crippen molar-refractivity contribution >= 4 is 34.5 Å². The first kappa shape index (κ1) is 14.5. The van der Waals surface area contributed by atoms with Gasteiger partial charge in [-0.3, -0.25) is 9.36 Å². The molecule has 6 heteroatoms. The van der Waals surface area contributed by atoms with Crippen LogP contribution in [-0.4, -0.2) is 16.7 Å². The number of carbonyl (C=O) groups is 1. The van der Waals surface area contributed by atoms with Crippen molar-refractivity contribution < 1.29 is 9.21 Å². The quantitative estimate of drug-likeness (QED) is 0.752. The third-order valence-electron chi connectivity index (χ3n) is 3.26. The molecule has 0 saturated heterocycles. The van der Waals surface area contributed by atoms with Gasteiger partial charge in [0, 0.05) is 4.90 Å². The molecular weight excluding hydrogens is 300 g/mol. The van der Waals surface area contributed by atoms with Crippen LogP contribution in [0.5, 0.6) is 0 Å². The maximum Gasteiger partial charge on any atom is 0.420 e. The third-order valence-corrected chi connectivity index (χ3v) is 4.05. The van der Waals surface area contributed by atoms with E-state index in [1.807, 2.05) is 30.5 Å². The summed E-state index contributed by atoms with van der Waals surface area (Å²) in [6, 6.07) is 14.6. The number of oxazole rings is 1. The van der Waals surface area contributed by atoms with Gasteiger partial charge in [-0.15, -0.1) is 11.8 Å². The van der Waals surface area contributed by atoms with E-state index in [1.165, 1.54) is 4.57 Å². The van der Waals surface area contributed by atoms with E-state index in [-0.39, 0.29) is 12.5 Å². The van der Waals surface area contributed by atoms with Gasteiger partial charge in [0.25, 0.3) is 0 Å². The lowest BCUT2D eigenvalue weighted by Crippen LogP contribution is -2.24. The average Bonchev–Trinajstić information content (AvgIpc) is 2.84. The number of thioether (sulfide) groups is 1. The van der Waals surface area contributed by atoms with Crippen molar-refractivity contribution in [2.24, 2.45) is 0 Å². The molecule has 0 fully saturated rings. The number of aromatic nitrogens is 1. The van der Waals surface area contributed by atoms with Gasteiger partial charge in [-0.1, -0.05) is 24.3 Å². The summed E-state index contributed by atoms with van der Waals surface area (Å²) in [6.45, 7) is -0.0848. The van der Waals surface area contributed by atoms with Crippen LogP contribution in [0, 0.1) is 0 Å². The molecule has 2 aromatic carbocycles. The molecule has 1 heterocycles. The number of nitrogens with one attached hydrogen (secondary N) is 1. The molecule has 1 amide bonds. The highest BCUT2D eigenvalue weighted by atomic mass is 32.2. The first-order valence-electron chi connectivity index (χ1n) is 6.70. The standard InChI is InChI=1S/C16H14N2O3S/c1-22-14-9-5-2-6-11(14)17-15(19)10-18-12-7-3-4-8-13(12)21-16(18)20/h2-9H,10H2,1H3,(H,17,19). The van der Waals surface area contributed by atoms with Crippen molar-refractivity contribution in [3.05, 3.63) is 59.1 Å². The van der Waals surface area contributed by atoms with Crippen LogP contribution in [0.15, 0.2) is 62.6 Å². The first-order valence-corrected chi connectivity index (χ1v) is 7.93. The maximum absolute atomic E-state index is 12.2. The highest BCUT2D eigenvalue weighted by molar-refractivity contribution is 7.98. The summed E-state index contributed by atoms with van der Waals surface area (Å²) in [7, 11) is 0. The average molecular weight is 314 g/mol. The number of anilines is 1. The molecule has 0 atom stereocenters. The minimum absolute atomic E-state index is 0.0848. The Balaban J connectivity index is 1.85. The van der Waals surface area contributed by atoms with Gasteiger partial charge in [0.15, 0.2) is 5.58 Å². The highest BCUT2D eigenvalue weighted by Crippen LogP contribution is 2.24. The van der Waals surface area contributed by atoms with E-state index in [0.717, 1.165) is 10.6 Å². The smallest absolute Gasteiger partial charge is 0.408 e. The molecular formula is C16H14N2O3S. The number of fused-ring (bicyclic) bond motifs is 1. The Bertz CT molecular complexity index is 882. The van der Waals surface area contributed by atoms with Crippen molar-refractivity contribution in [3.8, 4) is 0 Å². The molecule has 0 aliphatic carbocycles. The largest absolute Gasteiger partial charge is 0.420 e. The Kier molecular flexibility index (Phi) is 4.02. The molecule has 0 saturated carbocycles. The van der Waals surface area contributed by atoms with Gasteiger partial charge in [-0.05, 0) is 30.5 Å². The summed E-state index contributed by atoms with van der Waals surface area (Å²) in [6.07, 6.45) is 1.94. The summed E-state index contributed by atoms with van der Waals surface area (Å²) in [5.74, 6) is -0.801. The number of amides is 1. The summed E-state index contributed by atoms with van der Waals surface area (Å²) < 4.78 is 6.44. The molecule has 3 aromatic rings. The van der Waals surface area contributed by atoms with Crippen LogP contribution in [0.3, 0.4) is 0 Å². The van der Waals surface area contributed by atoms with E-state index in [9.17, 15) is 9.59 Å². The topological polar surface area (TPSA) is 64.2 Å². The van der Waals surface area contributed by atoms with Crippen molar-refractivity contribution in [2.75, 3.05) is 11.6 Å². The molecule has 0 aliphatic rings. The van der Waals surface area contributed by atoms with E-state index < -0.39 is 5.76 Å². The van der Waals surface area contributed by atoms with Crippen LogP contribution in [0.2, 0.25) is 0 Å². The Morgan fingerprint density at radius 3 is 2.73 bits per heavy atom. The fourth-order valence-electron chi connectivity index (χ4n) is 2.24. The summed E-state index contributed by atoms with van der Waals surface area (Å²) in [4.78, 5) is 25.1. The molecule has 0 unspecified atom stereocenters. The zero-order valence-electron chi connectivity index (χ0n) is 11.9. The number of nitrogens with zero attached hydrogens (tertiary/aromatic N) is 1. The first-order chi connectivity index (χ1) is 10.7. The van der Waals surface area contributed by atoms with Gasteiger partial charge in [0.2, 0.25) is 5.91 Å². The number of hydrogen-bond acceptors (Lipinski definition) is 4. The zero-order valence-corrected chi connectivity index (χ0v) is 12.7. The molecule has 0 aliphatic heterocycles. The summed E-state index contributed by atoms with van der Waals surface area (Å²) in [5, 5.41) is 2.83. The number of rotatable bonds is 4. The number of benzene rings is 2. The molecule has 0 radical (unpaired) electrons. The fraction of sp³-hybridized carbons (Fsp3) is 0.125. The molecule has 0 bridgehead atoms. The van der Waals surface area contributed by atoms with Crippen LogP contribution >= 0.6 is 11.8 Å². The lowest BCUT2D eigenvalue weighted by molar-refractivity contribution is -0.116. The monoisotopic (exact) mass is 314 g/mol. The summed E-state index contributed by atoms with van der Waals surface area (Å²) >= 11 is 1.55. The highest BCUT2D eigenvalue weighted by Gasteiger charge is 2.13. The van der Waals surface area contributed by atoms with Crippen LogP contribution in [-0.2, 0) is 11.3 Å². The van der Waals surface area contributed by atoms with Crippen molar-refractivity contribution in [1.29, 1.82) is 0 Å². The fourth-order valence-corrected chi connectivity index (χ4v) is 2.80. The number of hydrogen-bond donors (Lipinski definition) is 1. The van der Waals surface area contributed by atoms with E-state index in [2.05, 4.69) is 5.32 Å². The summed E-state index contributed by atoms with van der Waals surface area (Å²) in [5.41, 5.74) is 1.83. The van der Waals surface area contributed by atoms with Crippen LogP contribution in [0.25, 0.3) is 11.1 Å². The molecule has 112 valence electrons. The van der Waals surface area contributed by atoms with E-state index in [0.29, 0.717) is 11.1 Å². The second-order valence-electron chi connectivity index (χ2n) is 4.67. The Hall–Kier alpha value is -2.47. The SMILES string of the molecule is CSc1ccccc1NC(=O)Cn1c(=O)oc2ccccc21. The van der Waals surface area contributed by atoms with Gasteiger partial charge in [-0.25, -0.2) is 4.79 Å². The van der Waals surface area contributed by atoms with Crippen LogP contribution in [0.4, 0.5) is 5.69 Å². The number of para-hydroxylation sites is 3. The molecule has 22 heavy (non-hydrogen) atoms. The lowest BCUT2D eigenvalue weighted by atomic mass is 10.3. The van der Waals surface area contributed by atoms with Gasteiger partial charge in [0.1, 0.15) is 6.54 Å². The van der Waals surface area contributed by atoms with Crippen molar-refractivity contribution in [3.63, 3.8) is 0 Å². The molecule has 1 aromatic heterocycles. The Morgan fingerprint density at radius 1 is 1.18 bits per heavy atom. The van der Waals surface area contributed by atoms with Crippen molar-refractivity contribution in [1.82, 2.24) is 4.57 Å². The minimum atomic E-state index is -0.533. The van der Waals surface area contributed by atoms with Gasteiger partial charge in [0.05, 0.1) is 11.2 Å². The second kappa shape index (κ2) is 6.11. The van der Waals surface area contributed by atoms with Crippen molar-refractivity contribution in [2.45, 2.75) is 11.4 Å². The van der Waals surface area contributed by atoms with E-state index in [4.69, 9.17) is 4.42 Å². The lowest BCUT2D eigenvalue weighted by Gasteiger charge is -2.09. The number of carbonyl (C=O) groups excluding carboxylic acids is 1. The van der Waals surface area contributed by atoms with Gasteiger partial charge >= 0.3 is 5.76 Å². The van der Waals surface area contributed by atoms with Gasteiger partial charge < -0.3 is 9.73 Å². The molecule has 5 nitrogen and oxygen atoms in total. The molecule has 3 rings (SSSR count). The second-order valence-corrected chi connectivity index (χ2v) is 5.52. The maximum atomic E-state index is 12.2.